The molecule has 0 radical (unpaired) electrons. The molecular formula is C26H19N3O5. The topological polar surface area (TPSA) is 114 Å². The number of nitrogens with zero attached hydrogens (tertiary/aromatic N) is 3. The van der Waals surface area contributed by atoms with Crippen LogP contribution in [0.25, 0.3) is 33.4 Å². The van der Waals surface area contributed by atoms with Crippen molar-refractivity contribution in [2.24, 2.45) is 0 Å². The van der Waals surface area contributed by atoms with Gasteiger partial charge in [0, 0.05) is 24.8 Å². The van der Waals surface area contributed by atoms with Gasteiger partial charge in [-0.05, 0) is 35.9 Å². The third kappa shape index (κ3) is 4.02. The first-order valence-corrected chi connectivity index (χ1v) is 10.3. The highest BCUT2D eigenvalue weighted by Crippen LogP contribution is 2.34. The zero-order chi connectivity index (χ0) is 24.4. The average molecular weight is 453 g/mol. The molecule has 0 unspecified atom stereocenters. The number of carbonyl (C=O) groups is 2. The minimum atomic E-state index is -0.639. The lowest BCUT2D eigenvalue weighted by Gasteiger charge is -2.20. The van der Waals surface area contributed by atoms with Gasteiger partial charge in [-0.25, -0.2) is 14.7 Å². The van der Waals surface area contributed by atoms with Crippen LogP contribution in [0.15, 0.2) is 69.9 Å². The van der Waals surface area contributed by atoms with Crippen molar-refractivity contribution in [3.05, 3.63) is 76.6 Å². The smallest absolute Gasteiger partial charge is 0.345 e. The molecule has 0 aliphatic carbocycles. The number of pyridine rings is 1. The molecule has 0 fully saturated rings. The Bertz CT molecular complexity index is 1520. The number of nitriles is 1. The second-order valence-corrected chi connectivity index (χ2v) is 7.45. The lowest BCUT2D eigenvalue weighted by atomic mass is 9.98. The molecule has 0 spiro atoms. The Balaban J connectivity index is 2.07. The molecule has 0 aliphatic rings. The number of hydrogen-bond donors (Lipinski definition) is 0. The number of ether oxygens (including phenoxy) is 1. The Morgan fingerprint density at radius 1 is 1.00 bits per heavy atom. The molecule has 4 aromatic rings. The summed E-state index contributed by atoms with van der Waals surface area (Å²) in [6, 6.07) is 19.2. The zero-order valence-corrected chi connectivity index (χ0v) is 18.7. The molecule has 0 saturated carbocycles. The van der Waals surface area contributed by atoms with Gasteiger partial charge in [-0.15, -0.1) is 0 Å². The summed E-state index contributed by atoms with van der Waals surface area (Å²) in [5.41, 5.74) is 1.08. The highest BCUT2D eigenvalue weighted by Gasteiger charge is 2.26. The SMILES string of the molecule is COc1ccc(-c2cc(-c3cc4ccccc4oc3=O)nc(N(C(C)=O)C(C)=O)c2C#N)cc1. The van der Waals surface area contributed by atoms with Crippen LogP contribution in [0.1, 0.15) is 19.4 Å². The van der Waals surface area contributed by atoms with E-state index in [1.807, 2.05) is 0 Å². The van der Waals surface area contributed by atoms with Gasteiger partial charge < -0.3 is 9.15 Å². The van der Waals surface area contributed by atoms with E-state index in [2.05, 4.69) is 11.1 Å². The van der Waals surface area contributed by atoms with Crippen LogP contribution in [-0.4, -0.2) is 23.9 Å². The number of imide groups is 1. The molecule has 168 valence electrons. The van der Waals surface area contributed by atoms with Crippen LogP contribution in [0, 0.1) is 11.3 Å². The number of benzene rings is 2. The standard InChI is InChI=1S/C26H19N3O5/c1-15(30)29(16(2)31)25-22(14-27)20(17-8-10-19(33-3)11-9-17)13-23(28-25)21-12-18-6-4-5-7-24(18)34-26(21)32/h4-13H,1-3H3. The van der Waals surface area contributed by atoms with Crippen LogP contribution in [0.2, 0.25) is 0 Å². The fraction of sp³-hybridized carbons (Fsp3) is 0.115. The van der Waals surface area contributed by atoms with E-state index in [9.17, 15) is 19.6 Å². The maximum Gasteiger partial charge on any atom is 0.345 e. The maximum atomic E-state index is 12.8. The Hall–Kier alpha value is -4.77. The predicted molar refractivity (Wildman–Crippen MR) is 126 cm³/mol. The first-order chi connectivity index (χ1) is 16.3. The minimum absolute atomic E-state index is 0.0180. The normalized spacial score (nSPS) is 10.5. The minimum Gasteiger partial charge on any atom is -0.497 e. The second kappa shape index (κ2) is 9.00. The summed E-state index contributed by atoms with van der Waals surface area (Å²) in [6.07, 6.45) is 0. The lowest BCUT2D eigenvalue weighted by molar-refractivity contribution is -0.124. The highest BCUT2D eigenvalue weighted by molar-refractivity contribution is 6.13. The summed E-state index contributed by atoms with van der Waals surface area (Å²) in [5.74, 6) is -0.765. The van der Waals surface area contributed by atoms with Crippen LogP contribution < -0.4 is 15.3 Å². The Kier molecular flexibility index (Phi) is 5.94. The van der Waals surface area contributed by atoms with Gasteiger partial charge in [-0.3, -0.25) is 9.59 Å². The second-order valence-electron chi connectivity index (χ2n) is 7.45. The van der Waals surface area contributed by atoms with Crippen molar-refractivity contribution in [2.75, 3.05) is 12.0 Å². The highest BCUT2D eigenvalue weighted by atomic mass is 16.5. The van der Waals surface area contributed by atoms with Crippen molar-refractivity contribution in [1.29, 1.82) is 5.26 Å². The molecule has 0 N–H and O–H groups in total. The predicted octanol–water partition coefficient (Wildman–Crippen LogP) is 4.30. The third-order valence-corrected chi connectivity index (χ3v) is 5.27. The van der Waals surface area contributed by atoms with Gasteiger partial charge in [0.15, 0.2) is 5.82 Å². The van der Waals surface area contributed by atoms with E-state index in [-0.39, 0.29) is 22.6 Å². The van der Waals surface area contributed by atoms with E-state index in [0.717, 1.165) is 4.90 Å². The van der Waals surface area contributed by atoms with E-state index >= 15 is 0 Å². The number of methoxy groups -OCH3 is 1. The van der Waals surface area contributed by atoms with Crippen molar-refractivity contribution in [1.82, 2.24) is 4.98 Å². The molecule has 2 aromatic carbocycles. The molecule has 2 heterocycles. The van der Waals surface area contributed by atoms with Crippen molar-refractivity contribution < 1.29 is 18.7 Å². The molecule has 2 amide bonds. The van der Waals surface area contributed by atoms with E-state index in [1.165, 1.54) is 21.0 Å². The largest absolute Gasteiger partial charge is 0.497 e. The van der Waals surface area contributed by atoms with Crippen molar-refractivity contribution in [2.45, 2.75) is 13.8 Å². The number of rotatable bonds is 4. The molecular weight excluding hydrogens is 434 g/mol. The molecule has 8 heteroatoms. The van der Waals surface area contributed by atoms with Crippen LogP contribution >= 0.6 is 0 Å². The summed E-state index contributed by atoms with van der Waals surface area (Å²) >= 11 is 0. The van der Waals surface area contributed by atoms with Crippen molar-refractivity contribution >= 4 is 28.6 Å². The van der Waals surface area contributed by atoms with E-state index in [1.54, 1.807) is 60.7 Å². The molecule has 0 atom stereocenters. The van der Waals surface area contributed by atoms with Gasteiger partial charge in [0.25, 0.3) is 0 Å². The third-order valence-electron chi connectivity index (χ3n) is 5.27. The number of aromatic nitrogens is 1. The van der Waals surface area contributed by atoms with Crippen molar-refractivity contribution in [3.8, 4) is 34.2 Å². The van der Waals surface area contributed by atoms with E-state index in [0.29, 0.717) is 27.8 Å². The lowest BCUT2D eigenvalue weighted by Crippen LogP contribution is -2.34. The van der Waals surface area contributed by atoms with Gasteiger partial charge in [0.05, 0.1) is 18.4 Å². The molecule has 2 aromatic heterocycles. The Morgan fingerprint density at radius 2 is 1.68 bits per heavy atom. The fourth-order valence-electron chi connectivity index (χ4n) is 3.70. The van der Waals surface area contributed by atoms with Crippen LogP contribution in [0.5, 0.6) is 5.75 Å². The number of anilines is 1. The first kappa shape index (κ1) is 22.4. The summed E-state index contributed by atoms with van der Waals surface area (Å²) in [5, 5.41) is 10.7. The van der Waals surface area contributed by atoms with E-state index in [4.69, 9.17) is 9.15 Å². The quantitative estimate of drug-likeness (QED) is 0.423. The van der Waals surface area contributed by atoms with E-state index < -0.39 is 17.4 Å². The molecule has 34 heavy (non-hydrogen) atoms. The molecule has 0 bridgehead atoms. The number of carbonyl (C=O) groups excluding carboxylic acids is 2. The van der Waals surface area contributed by atoms with Crippen LogP contribution in [-0.2, 0) is 9.59 Å². The van der Waals surface area contributed by atoms with Gasteiger partial charge in [-0.2, -0.15) is 5.26 Å². The maximum absolute atomic E-state index is 12.8. The Morgan fingerprint density at radius 3 is 2.29 bits per heavy atom. The molecule has 0 saturated heterocycles. The van der Waals surface area contributed by atoms with Crippen LogP contribution in [0.3, 0.4) is 0 Å². The van der Waals surface area contributed by atoms with Gasteiger partial charge in [0.1, 0.15) is 23.0 Å². The number of hydrogen-bond acceptors (Lipinski definition) is 7. The first-order valence-electron chi connectivity index (χ1n) is 10.3. The summed E-state index contributed by atoms with van der Waals surface area (Å²) < 4.78 is 10.7. The van der Waals surface area contributed by atoms with Gasteiger partial charge in [0.2, 0.25) is 11.8 Å². The Labute approximate surface area is 194 Å². The van der Waals surface area contributed by atoms with Gasteiger partial charge in [-0.1, -0.05) is 30.3 Å². The molecule has 4 rings (SSSR count). The molecule has 8 nitrogen and oxygen atoms in total. The number of para-hydroxylation sites is 1. The molecule has 0 aliphatic heterocycles. The van der Waals surface area contributed by atoms with Crippen molar-refractivity contribution in [3.63, 3.8) is 0 Å². The number of amides is 2. The van der Waals surface area contributed by atoms with Gasteiger partial charge >= 0.3 is 5.63 Å². The fourth-order valence-corrected chi connectivity index (χ4v) is 3.70. The average Bonchev–Trinajstić information content (AvgIpc) is 2.82. The summed E-state index contributed by atoms with van der Waals surface area (Å²) in [7, 11) is 1.54. The zero-order valence-electron chi connectivity index (χ0n) is 18.7. The summed E-state index contributed by atoms with van der Waals surface area (Å²) in [4.78, 5) is 42.7. The number of fused-ring (bicyclic) bond motifs is 1. The van der Waals surface area contributed by atoms with Crippen LogP contribution in [0.4, 0.5) is 5.82 Å². The monoisotopic (exact) mass is 453 g/mol. The summed E-state index contributed by atoms with van der Waals surface area (Å²) in [6.45, 7) is 2.41.